The molecule has 2 N–H and O–H groups in total. The van der Waals surface area contributed by atoms with Gasteiger partial charge in [0, 0.05) is 18.8 Å². The van der Waals surface area contributed by atoms with Gasteiger partial charge in [0.1, 0.15) is 5.65 Å². The van der Waals surface area contributed by atoms with E-state index in [1.165, 1.54) is 6.08 Å². The monoisotopic (exact) mass is 378 g/mol. The van der Waals surface area contributed by atoms with E-state index in [0.717, 1.165) is 18.9 Å². The van der Waals surface area contributed by atoms with Gasteiger partial charge in [-0.1, -0.05) is 31.0 Å². The van der Waals surface area contributed by atoms with Crippen LogP contribution in [0.2, 0.25) is 5.15 Å². The Morgan fingerprint density at radius 2 is 2.15 bits per heavy atom. The lowest BCUT2D eigenvalue weighted by Crippen LogP contribution is -2.41. The first-order valence-electron chi connectivity index (χ1n) is 8.06. The number of hydrogen-bond donors (Lipinski definition) is 2. The SMILES string of the molecule is CCCCNC(=O)NC(=O)COC(=O)/C=C/c1c(Cl)nc2ccccn12. The first-order chi connectivity index (χ1) is 12.5. The van der Waals surface area contributed by atoms with E-state index in [0.29, 0.717) is 17.9 Å². The predicted octanol–water partition coefficient (Wildman–Crippen LogP) is 2.17. The van der Waals surface area contributed by atoms with E-state index < -0.39 is 24.5 Å². The quantitative estimate of drug-likeness (QED) is 0.436. The third-order valence-corrected chi connectivity index (χ3v) is 3.59. The van der Waals surface area contributed by atoms with E-state index in [9.17, 15) is 14.4 Å². The van der Waals surface area contributed by atoms with Crippen LogP contribution in [-0.4, -0.2) is 40.4 Å². The highest BCUT2D eigenvalue weighted by Crippen LogP contribution is 2.18. The summed E-state index contributed by atoms with van der Waals surface area (Å²) in [6.45, 7) is 1.89. The van der Waals surface area contributed by atoms with Crippen LogP contribution in [0.3, 0.4) is 0 Å². The highest BCUT2D eigenvalue weighted by atomic mass is 35.5. The number of nitrogens with one attached hydrogen (secondary N) is 2. The van der Waals surface area contributed by atoms with Gasteiger partial charge in [0.05, 0.1) is 5.69 Å². The molecule has 138 valence electrons. The number of carbonyl (C=O) groups excluding carboxylic acids is 3. The van der Waals surface area contributed by atoms with Crippen LogP contribution < -0.4 is 10.6 Å². The number of urea groups is 1. The fourth-order valence-electron chi connectivity index (χ4n) is 2.05. The van der Waals surface area contributed by atoms with Gasteiger partial charge < -0.3 is 10.1 Å². The molecule has 8 nitrogen and oxygen atoms in total. The van der Waals surface area contributed by atoms with Gasteiger partial charge in [-0.3, -0.25) is 14.5 Å². The van der Waals surface area contributed by atoms with Gasteiger partial charge in [-0.15, -0.1) is 0 Å². The van der Waals surface area contributed by atoms with Gasteiger partial charge in [-0.25, -0.2) is 14.6 Å². The molecule has 26 heavy (non-hydrogen) atoms. The Bertz CT molecular complexity index is 831. The zero-order chi connectivity index (χ0) is 18.9. The maximum absolute atomic E-state index is 11.7. The number of carbonyl (C=O) groups is 3. The number of halogens is 1. The molecule has 0 bridgehead atoms. The summed E-state index contributed by atoms with van der Waals surface area (Å²) in [7, 11) is 0. The molecule has 0 aromatic carbocycles. The molecule has 0 radical (unpaired) electrons. The summed E-state index contributed by atoms with van der Waals surface area (Å²) in [4.78, 5) is 38.8. The number of esters is 1. The first kappa shape index (κ1) is 19.5. The molecule has 0 saturated heterocycles. The smallest absolute Gasteiger partial charge is 0.331 e. The molecule has 0 fully saturated rings. The third kappa shape index (κ3) is 5.59. The summed E-state index contributed by atoms with van der Waals surface area (Å²) in [6, 6.07) is 4.78. The lowest BCUT2D eigenvalue weighted by atomic mass is 10.3. The molecular weight excluding hydrogens is 360 g/mol. The van der Waals surface area contributed by atoms with Gasteiger partial charge in [-0.2, -0.15) is 0 Å². The molecule has 0 aliphatic heterocycles. The maximum Gasteiger partial charge on any atom is 0.331 e. The number of amides is 3. The number of nitrogens with zero attached hydrogens (tertiary/aromatic N) is 2. The predicted molar refractivity (Wildman–Crippen MR) is 96.6 cm³/mol. The molecule has 0 unspecified atom stereocenters. The molecule has 9 heteroatoms. The molecule has 0 aliphatic carbocycles. The minimum absolute atomic E-state index is 0.238. The van der Waals surface area contributed by atoms with Crippen molar-refractivity contribution >= 4 is 41.2 Å². The third-order valence-electron chi connectivity index (χ3n) is 3.31. The largest absolute Gasteiger partial charge is 0.452 e. The van der Waals surface area contributed by atoms with Crippen LogP contribution in [0.15, 0.2) is 30.5 Å². The van der Waals surface area contributed by atoms with E-state index in [1.54, 1.807) is 22.7 Å². The number of pyridine rings is 1. The molecule has 0 saturated carbocycles. The lowest BCUT2D eigenvalue weighted by molar-refractivity contribution is -0.143. The Morgan fingerprint density at radius 3 is 2.92 bits per heavy atom. The van der Waals surface area contributed by atoms with Crippen molar-refractivity contribution in [1.29, 1.82) is 0 Å². The van der Waals surface area contributed by atoms with Gasteiger partial charge in [0.25, 0.3) is 5.91 Å². The molecule has 2 aromatic rings. The van der Waals surface area contributed by atoms with Crippen LogP contribution in [0.4, 0.5) is 4.79 Å². The number of imidazole rings is 1. The van der Waals surface area contributed by atoms with Gasteiger partial charge in [-0.05, 0) is 24.6 Å². The van der Waals surface area contributed by atoms with E-state index >= 15 is 0 Å². The minimum atomic E-state index is -0.742. The number of rotatable bonds is 7. The fourth-order valence-corrected chi connectivity index (χ4v) is 2.29. The van der Waals surface area contributed by atoms with Crippen LogP contribution in [-0.2, 0) is 14.3 Å². The average molecular weight is 379 g/mol. The number of hydrogen-bond acceptors (Lipinski definition) is 5. The number of ether oxygens (including phenoxy) is 1. The Labute approximate surface area is 155 Å². The zero-order valence-corrected chi connectivity index (χ0v) is 15.0. The molecule has 2 aromatic heterocycles. The zero-order valence-electron chi connectivity index (χ0n) is 14.2. The Balaban J connectivity index is 1.83. The maximum atomic E-state index is 11.7. The van der Waals surface area contributed by atoms with E-state index in [1.807, 2.05) is 13.0 Å². The van der Waals surface area contributed by atoms with Crippen molar-refractivity contribution in [1.82, 2.24) is 20.0 Å². The van der Waals surface area contributed by atoms with E-state index in [-0.39, 0.29) is 5.15 Å². The molecule has 2 rings (SSSR count). The molecule has 3 amide bonds. The molecule has 0 aliphatic rings. The van der Waals surface area contributed by atoms with Crippen LogP contribution >= 0.6 is 11.6 Å². The Morgan fingerprint density at radius 1 is 1.35 bits per heavy atom. The first-order valence-corrected chi connectivity index (χ1v) is 8.44. The van der Waals surface area contributed by atoms with Gasteiger partial charge >= 0.3 is 12.0 Å². The fraction of sp³-hybridized carbons (Fsp3) is 0.294. The van der Waals surface area contributed by atoms with Crippen molar-refractivity contribution in [2.75, 3.05) is 13.2 Å². The molecule has 0 atom stereocenters. The van der Waals surface area contributed by atoms with Crippen molar-refractivity contribution < 1.29 is 19.1 Å². The van der Waals surface area contributed by atoms with Crippen LogP contribution in [0, 0.1) is 0 Å². The van der Waals surface area contributed by atoms with E-state index in [4.69, 9.17) is 16.3 Å². The number of unbranched alkanes of at least 4 members (excludes halogenated alkanes) is 1. The highest BCUT2D eigenvalue weighted by molar-refractivity contribution is 6.31. The van der Waals surface area contributed by atoms with Crippen molar-refractivity contribution in [2.45, 2.75) is 19.8 Å². The van der Waals surface area contributed by atoms with Gasteiger partial charge in [0.15, 0.2) is 11.8 Å². The molecule has 0 spiro atoms. The highest BCUT2D eigenvalue weighted by Gasteiger charge is 2.10. The topological polar surface area (TPSA) is 102 Å². The lowest BCUT2D eigenvalue weighted by Gasteiger charge is -2.06. The van der Waals surface area contributed by atoms with Crippen molar-refractivity contribution in [3.63, 3.8) is 0 Å². The van der Waals surface area contributed by atoms with Crippen LogP contribution in [0.25, 0.3) is 11.7 Å². The van der Waals surface area contributed by atoms with Gasteiger partial charge in [0.2, 0.25) is 0 Å². The van der Waals surface area contributed by atoms with E-state index in [2.05, 4.69) is 15.6 Å². The second-order valence-electron chi connectivity index (χ2n) is 5.32. The Hall–Kier alpha value is -2.87. The summed E-state index contributed by atoms with van der Waals surface area (Å²) in [5, 5.41) is 4.83. The minimum Gasteiger partial charge on any atom is -0.452 e. The summed E-state index contributed by atoms with van der Waals surface area (Å²) >= 11 is 6.04. The summed E-state index contributed by atoms with van der Waals surface area (Å²) in [5.41, 5.74) is 1.15. The summed E-state index contributed by atoms with van der Waals surface area (Å²) in [5.74, 6) is -1.46. The van der Waals surface area contributed by atoms with Crippen LogP contribution in [0.1, 0.15) is 25.5 Å². The number of imide groups is 1. The van der Waals surface area contributed by atoms with Crippen molar-refractivity contribution in [2.24, 2.45) is 0 Å². The standard InChI is InChI=1S/C17H19ClN4O4/c1-2-3-9-19-17(25)21-14(23)11-26-15(24)8-7-12-16(18)20-13-6-4-5-10-22(12)13/h4-8,10H,2-3,9,11H2,1H3,(H2,19,21,23,25)/b8-7+. The molecular formula is C17H19ClN4O4. The molecule has 2 heterocycles. The summed E-state index contributed by atoms with van der Waals surface area (Å²) < 4.78 is 6.50. The number of aromatic nitrogens is 2. The van der Waals surface area contributed by atoms with Crippen molar-refractivity contribution in [3.8, 4) is 0 Å². The number of fused-ring (bicyclic) bond motifs is 1. The van der Waals surface area contributed by atoms with Crippen molar-refractivity contribution in [3.05, 3.63) is 41.3 Å². The summed E-state index contributed by atoms with van der Waals surface area (Å²) in [6.07, 6.45) is 6.07. The second-order valence-corrected chi connectivity index (χ2v) is 5.67. The second kappa shape index (κ2) is 9.57. The van der Waals surface area contributed by atoms with Crippen LogP contribution in [0.5, 0.6) is 0 Å². The average Bonchev–Trinajstić information content (AvgIpc) is 2.93. The Kier molecular flexibility index (Phi) is 7.16. The normalized spacial score (nSPS) is 10.8.